The molecule has 0 bridgehead atoms. The number of likely N-dealkylation sites (N-methyl/N-ethyl adjacent to an activating group) is 1. The Morgan fingerprint density at radius 1 is 1.13 bits per heavy atom. The van der Waals surface area contributed by atoms with Gasteiger partial charge >= 0.3 is 0 Å². The van der Waals surface area contributed by atoms with Gasteiger partial charge in [0.2, 0.25) is 5.91 Å². The highest BCUT2D eigenvalue weighted by atomic mass is 19.1. The number of anilines is 1. The molecular formula is C18H21FN2O2. The fourth-order valence-corrected chi connectivity index (χ4v) is 1.99. The number of carbonyl (C=O) groups excluding carboxylic acids is 1. The van der Waals surface area contributed by atoms with Gasteiger partial charge in [0.25, 0.3) is 0 Å². The molecule has 122 valence electrons. The summed E-state index contributed by atoms with van der Waals surface area (Å²) in [6.45, 7) is 0.923. The van der Waals surface area contributed by atoms with Gasteiger partial charge in [-0.15, -0.1) is 0 Å². The predicted octanol–water partition coefficient (Wildman–Crippen LogP) is 2.95. The van der Waals surface area contributed by atoms with Crippen molar-refractivity contribution in [2.45, 2.75) is 6.42 Å². The van der Waals surface area contributed by atoms with Crippen LogP contribution in [0.5, 0.6) is 5.75 Å². The largest absolute Gasteiger partial charge is 0.489 e. The monoisotopic (exact) mass is 316 g/mol. The van der Waals surface area contributed by atoms with E-state index >= 15 is 0 Å². The summed E-state index contributed by atoms with van der Waals surface area (Å²) < 4.78 is 18.7. The average molecular weight is 316 g/mol. The molecule has 0 unspecified atom stereocenters. The van der Waals surface area contributed by atoms with Crippen LogP contribution in [0.15, 0.2) is 48.5 Å². The summed E-state index contributed by atoms with van der Waals surface area (Å²) in [5, 5.41) is 3.19. The first kappa shape index (κ1) is 16.8. The van der Waals surface area contributed by atoms with Gasteiger partial charge in [0.1, 0.15) is 6.61 Å². The number of hydrogen-bond acceptors (Lipinski definition) is 3. The summed E-state index contributed by atoms with van der Waals surface area (Å²) in [6.07, 6.45) is 0.393. The van der Waals surface area contributed by atoms with Crippen molar-refractivity contribution in [2.75, 3.05) is 32.6 Å². The molecule has 23 heavy (non-hydrogen) atoms. The zero-order chi connectivity index (χ0) is 16.7. The Morgan fingerprint density at radius 2 is 1.83 bits per heavy atom. The first-order valence-electron chi connectivity index (χ1n) is 7.46. The third kappa shape index (κ3) is 5.29. The smallest absolute Gasteiger partial charge is 0.226 e. The molecule has 0 fully saturated rings. The summed E-state index contributed by atoms with van der Waals surface area (Å²) in [7, 11) is 3.49. The molecule has 0 aromatic heterocycles. The molecule has 0 aliphatic rings. The van der Waals surface area contributed by atoms with Crippen molar-refractivity contribution < 1.29 is 13.9 Å². The summed E-state index contributed by atoms with van der Waals surface area (Å²) >= 11 is 0. The second-order valence-corrected chi connectivity index (χ2v) is 5.37. The highest BCUT2D eigenvalue weighted by molar-refractivity contribution is 5.78. The molecule has 0 saturated carbocycles. The molecule has 0 spiro atoms. The van der Waals surface area contributed by atoms with E-state index in [1.807, 2.05) is 24.3 Å². The van der Waals surface area contributed by atoms with Crippen molar-refractivity contribution in [3.05, 3.63) is 59.9 Å². The lowest BCUT2D eigenvalue weighted by molar-refractivity contribution is -0.127. The van der Waals surface area contributed by atoms with Gasteiger partial charge in [0.15, 0.2) is 11.6 Å². The lowest BCUT2D eigenvalue weighted by Crippen LogP contribution is -2.23. The Kier molecular flexibility index (Phi) is 5.97. The lowest BCUT2D eigenvalue weighted by Gasteiger charge is -2.11. The van der Waals surface area contributed by atoms with Crippen LogP contribution in [0.2, 0.25) is 0 Å². The Balaban J connectivity index is 1.76. The minimum Gasteiger partial charge on any atom is -0.489 e. The average Bonchev–Trinajstić information content (AvgIpc) is 2.54. The molecule has 0 atom stereocenters. The van der Waals surface area contributed by atoms with Crippen molar-refractivity contribution in [2.24, 2.45) is 0 Å². The van der Waals surface area contributed by atoms with Gasteiger partial charge in [-0.3, -0.25) is 4.79 Å². The minimum atomic E-state index is -0.359. The van der Waals surface area contributed by atoms with Gasteiger partial charge in [0.05, 0.1) is 6.42 Å². The first-order chi connectivity index (χ1) is 11.1. The second kappa shape index (κ2) is 8.17. The zero-order valence-corrected chi connectivity index (χ0v) is 13.4. The first-order valence-corrected chi connectivity index (χ1v) is 7.46. The van der Waals surface area contributed by atoms with E-state index in [2.05, 4.69) is 5.32 Å². The molecule has 1 amide bonds. The second-order valence-electron chi connectivity index (χ2n) is 5.37. The van der Waals surface area contributed by atoms with Gasteiger partial charge in [-0.1, -0.05) is 24.3 Å². The number of hydrogen-bond donors (Lipinski definition) is 1. The number of benzene rings is 2. The van der Waals surface area contributed by atoms with Gasteiger partial charge in [0, 0.05) is 26.3 Å². The number of halogens is 1. The highest BCUT2D eigenvalue weighted by Gasteiger charge is 2.05. The fourth-order valence-electron chi connectivity index (χ4n) is 1.99. The number of carbonyl (C=O) groups is 1. The molecule has 0 radical (unpaired) electrons. The van der Waals surface area contributed by atoms with Crippen LogP contribution in [0.1, 0.15) is 5.56 Å². The van der Waals surface area contributed by atoms with Crippen molar-refractivity contribution in [3.63, 3.8) is 0 Å². The third-order valence-electron chi connectivity index (χ3n) is 3.33. The van der Waals surface area contributed by atoms with E-state index in [1.165, 1.54) is 6.07 Å². The Hall–Kier alpha value is -2.56. The van der Waals surface area contributed by atoms with Crippen LogP contribution in [-0.4, -0.2) is 38.1 Å². The molecule has 0 saturated heterocycles. The maximum atomic E-state index is 13.4. The number of para-hydroxylation sites is 1. The molecule has 0 heterocycles. The Bertz CT molecular complexity index is 642. The molecule has 5 heteroatoms. The topological polar surface area (TPSA) is 41.6 Å². The summed E-state index contributed by atoms with van der Waals surface area (Å²) in [5.74, 6) is -0.0294. The molecule has 2 rings (SSSR count). The van der Waals surface area contributed by atoms with E-state index in [9.17, 15) is 9.18 Å². The van der Waals surface area contributed by atoms with E-state index in [0.717, 1.165) is 11.3 Å². The molecule has 1 N–H and O–H groups in total. The molecular weight excluding hydrogens is 295 g/mol. The van der Waals surface area contributed by atoms with Crippen molar-refractivity contribution in [1.82, 2.24) is 4.90 Å². The van der Waals surface area contributed by atoms with Crippen LogP contribution in [0, 0.1) is 5.82 Å². The maximum Gasteiger partial charge on any atom is 0.226 e. The standard InChI is InChI=1S/C18H21FN2O2/c1-21(2)18(22)13-14-7-9-15(10-8-14)20-11-12-23-17-6-4-3-5-16(17)19/h3-10,20H,11-13H2,1-2H3. The van der Waals surface area contributed by atoms with Crippen LogP contribution in [-0.2, 0) is 11.2 Å². The van der Waals surface area contributed by atoms with E-state index in [0.29, 0.717) is 19.6 Å². The minimum absolute atomic E-state index is 0.0731. The number of nitrogens with one attached hydrogen (secondary N) is 1. The van der Waals surface area contributed by atoms with Gasteiger partial charge < -0.3 is 15.0 Å². The van der Waals surface area contributed by atoms with Crippen LogP contribution < -0.4 is 10.1 Å². The number of ether oxygens (including phenoxy) is 1. The molecule has 2 aromatic carbocycles. The van der Waals surface area contributed by atoms with Crippen LogP contribution in [0.3, 0.4) is 0 Å². The van der Waals surface area contributed by atoms with E-state index in [-0.39, 0.29) is 17.5 Å². The lowest BCUT2D eigenvalue weighted by atomic mass is 10.1. The van der Waals surface area contributed by atoms with Gasteiger partial charge in [-0.05, 0) is 29.8 Å². The Morgan fingerprint density at radius 3 is 2.48 bits per heavy atom. The summed E-state index contributed by atoms with van der Waals surface area (Å²) in [5.41, 5.74) is 1.90. The van der Waals surface area contributed by atoms with Crippen molar-refractivity contribution in [1.29, 1.82) is 0 Å². The Labute approximate surface area is 135 Å². The van der Waals surface area contributed by atoms with Crippen molar-refractivity contribution >= 4 is 11.6 Å². The van der Waals surface area contributed by atoms with E-state index < -0.39 is 0 Å². The van der Waals surface area contributed by atoms with Gasteiger partial charge in [-0.25, -0.2) is 4.39 Å². The highest BCUT2D eigenvalue weighted by Crippen LogP contribution is 2.15. The predicted molar refractivity (Wildman–Crippen MR) is 89.2 cm³/mol. The number of rotatable bonds is 7. The normalized spacial score (nSPS) is 10.2. The number of amides is 1. The van der Waals surface area contributed by atoms with E-state index in [1.54, 1.807) is 37.2 Å². The van der Waals surface area contributed by atoms with Crippen LogP contribution in [0.4, 0.5) is 10.1 Å². The van der Waals surface area contributed by atoms with Crippen LogP contribution >= 0.6 is 0 Å². The summed E-state index contributed by atoms with van der Waals surface area (Å²) in [4.78, 5) is 13.2. The maximum absolute atomic E-state index is 13.4. The van der Waals surface area contributed by atoms with Gasteiger partial charge in [-0.2, -0.15) is 0 Å². The molecule has 0 aliphatic heterocycles. The SMILES string of the molecule is CN(C)C(=O)Cc1ccc(NCCOc2ccccc2F)cc1. The zero-order valence-electron chi connectivity index (χ0n) is 13.4. The van der Waals surface area contributed by atoms with Crippen LogP contribution in [0.25, 0.3) is 0 Å². The summed E-state index contributed by atoms with van der Waals surface area (Å²) in [6, 6.07) is 14.0. The quantitative estimate of drug-likeness (QED) is 0.799. The third-order valence-corrected chi connectivity index (χ3v) is 3.33. The van der Waals surface area contributed by atoms with E-state index in [4.69, 9.17) is 4.74 Å². The van der Waals surface area contributed by atoms with Crippen molar-refractivity contribution in [3.8, 4) is 5.75 Å². The fraction of sp³-hybridized carbons (Fsp3) is 0.278. The molecule has 2 aromatic rings. The number of nitrogens with zero attached hydrogens (tertiary/aromatic N) is 1. The molecule has 4 nitrogen and oxygen atoms in total. The molecule has 0 aliphatic carbocycles.